The number of nitriles is 4. The predicted molar refractivity (Wildman–Crippen MR) is 139 cm³/mol. The third-order valence-electron chi connectivity index (χ3n) is 6.63. The fourth-order valence-electron chi connectivity index (χ4n) is 5.13. The minimum atomic E-state index is -4.98. The van der Waals surface area contributed by atoms with Gasteiger partial charge in [0.15, 0.2) is 0 Å². The Morgan fingerprint density at radius 2 is 1.02 bits per heavy atom. The average Bonchev–Trinajstić information content (AvgIpc) is 3.40. The van der Waals surface area contributed by atoms with Crippen LogP contribution in [0, 0.1) is 45.3 Å². The summed E-state index contributed by atoms with van der Waals surface area (Å²) in [6.07, 6.45) is -8.31. The van der Waals surface area contributed by atoms with Crippen LogP contribution in [0.1, 0.15) is 28.7 Å². The largest absolute Gasteiger partial charge is 0.573 e. The van der Waals surface area contributed by atoms with Crippen LogP contribution < -0.4 is 9.47 Å². The summed E-state index contributed by atoms with van der Waals surface area (Å²) >= 11 is 0. The first-order chi connectivity index (χ1) is 19.9. The van der Waals surface area contributed by atoms with Crippen LogP contribution in [0.2, 0.25) is 0 Å². The van der Waals surface area contributed by atoms with Crippen LogP contribution >= 0.6 is 0 Å². The third kappa shape index (κ3) is 4.60. The molecule has 6 nitrogen and oxygen atoms in total. The molecule has 42 heavy (non-hydrogen) atoms. The minimum Gasteiger partial charge on any atom is -0.432 e. The van der Waals surface area contributed by atoms with Gasteiger partial charge < -0.3 is 9.47 Å². The summed E-state index contributed by atoms with van der Waals surface area (Å²) in [7, 11) is 0. The number of rotatable bonds is 5. The van der Waals surface area contributed by atoms with E-state index in [9.17, 15) is 43.0 Å². The molecular weight excluding hydrogens is 555 g/mol. The van der Waals surface area contributed by atoms with Crippen molar-refractivity contribution in [2.45, 2.75) is 18.9 Å². The van der Waals surface area contributed by atoms with Gasteiger partial charge in [-0.05, 0) is 80.9 Å². The molecule has 3 aromatic carbocycles. The lowest BCUT2D eigenvalue weighted by Gasteiger charge is -2.17. The number of allylic oxidation sites excluding steroid dienone is 2. The number of alkyl halides is 5. The Morgan fingerprint density at radius 3 is 1.43 bits per heavy atom. The highest BCUT2D eigenvalue weighted by molar-refractivity contribution is 6.11. The maximum atomic E-state index is 14.2. The monoisotopic (exact) mass is 568 g/mol. The van der Waals surface area contributed by atoms with Crippen molar-refractivity contribution in [2.75, 3.05) is 0 Å². The van der Waals surface area contributed by atoms with Gasteiger partial charge in [0.05, 0.1) is 6.42 Å². The summed E-state index contributed by atoms with van der Waals surface area (Å²) in [6.45, 7) is 3.29. The maximum absolute atomic E-state index is 14.2. The van der Waals surface area contributed by atoms with Gasteiger partial charge in [0, 0.05) is 11.1 Å². The maximum Gasteiger partial charge on any atom is 0.573 e. The smallest absolute Gasteiger partial charge is 0.432 e. The second kappa shape index (κ2) is 9.93. The molecule has 0 unspecified atom stereocenters. The number of benzene rings is 3. The van der Waals surface area contributed by atoms with E-state index in [-0.39, 0.29) is 39.2 Å². The number of nitrogens with zero attached hydrogens (tertiary/aromatic N) is 4. The molecule has 0 saturated heterocycles. The van der Waals surface area contributed by atoms with E-state index < -0.39 is 24.6 Å². The molecule has 5 rings (SSSR count). The third-order valence-corrected chi connectivity index (χ3v) is 6.63. The molecule has 2 aliphatic rings. The zero-order valence-electron chi connectivity index (χ0n) is 21.1. The quantitative estimate of drug-likeness (QED) is 0.121. The predicted octanol–water partition coefficient (Wildman–Crippen LogP) is 7.79. The van der Waals surface area contributed by atoms with Crippen LogP contribution in [-0.2, 0) is 0 Å². The second-order valence-electron chi connectivity index (χ2n) is 9.09. The van der Waals surface area contributed by atoms with E-state index in [4.69, 9.17) is 4.74 Å². The first kappa shape index (κ1) is 27.6. The molecule has 0 aromatic heterocycles. The van der Waals surface area contributed by atoms with Crippen molar-refractivity contribution in [1.29, 1.82) is 21.0 Å². The molecule has 0 radical (unpaired) electrons. The highest BCUT2D eigenvalue weighted by Crippen LogP contribution is 2.54. The van der Waals surface area contributed by atoms with Gasteiger partial charge in [0.25, 0.3) is 0 Å². The van der Waals surface area contributed by atoms with Crippen LogP contribution in [0.3, 0.4) is 0 Å². The van der Waals surface area contributed by atoms with Crippen molar-refractivity contribution in [2.24, 2.45) is 0 Å². The molecule has 0 spiro atoms. The Morgan fingerprint density at radius 1 is 0.619 bits per heavy atom. The van der Waals surface area contributed by atoms with Crippen molar-refractivity contribution < 1.29 is 31.4 Å². The normalized spacial score (nSPS) is 12.4. The molecule has 0 atom stereocenters. The molecule has 0 fully saturated rings. The number of hydrogen-bond donors (Lipinski definition) is 0. The second-order valence-corrected chi connectivity index (χ2v) is 9.09. The van der Waals surface area contributed by atoms with Crippen molar-refractivity contribution in [3.05, 3.63) is 94.6 Å². The van der Waals surface area contributed by atoms with Crippen molar-refractivity contribution in [1.82, 2.24) is 0 Å². The van der Waals surface area contributed by atoms with Gasteiger partial charge in [0.2, 0.25) is 0 Å². The molecule has 3 aromatic rings. The number of hydrogen-bond acceptors (Lipinski definition) is 6. The molecule has 0 bridgehead atoms. The van der Waals surface area contributed by atoms with E-state index in [1.165, 1.54) is 30.3 Å². The summed E-state index contributed by atoms with van der Waals surface area (Å²) in [6, 6.07) is 17.9. The Balaban J connectivity index is 1.78. The van der Waals surface area contributed by atoms with E-state index >= 15 is 0 Å². The molecular formula is C31H13F5N4O2. The summed E-state index contributed by atoms with van der Waals surface area (Å²) in [5.74, 6) is -0.787. The van der Waals surface area contributed by atoms with Gasteiger partial charge in [-0.2, -0.15) is 29.8 Å². The van der Waals surface area contributed by atoms with Crippen LogP contribution in [0.4, 0.5) is 22.0 Å². The summed E-state index contributed by atoms with van der Waals surface area (Å²) in [5, 5.41) is 38.9. The standard InChI is InChI=1S/C31H13F5N4O2/c1-2-7-30(32,33)41-18-3-5-20-22-10-23-21-6-4-19(42-31(34,35)36)9-25(21)29(17(14-39)15-40)27(23)11-26(22)28(24(20)8-18)16(12-37)13-38/h2-6,8-11H,1,7H2. The van der Waals surface area contributed by atoms with Gasteiger partial charge in [-0.25, -0.2) is 0 Å². The van der Waals surface area contributed by atoms with Gasteiger partial charge >= 0.3 is 12.5 Å². The lowest BCUT2D eigenvalue weighted by molar-refractivity contribution is -0.274. The first-order valence-corrected chi connectivity index (χ1v) is 12.0. The van der Waals surface area contributed by atoms with Crippen LogP contribution in [0.25, 0.3) is 33.4 Å². The number of fused-ring (bicyclic) bond motifs is 6. The molecule has 0 amide bonds. The zero-order chi connectivity index (χ0) is 30.4. The molecule has 0 heterocycles. The van der Waals surface area contributed by atoms with Crippen LogP contribution in [0.15, 0.2) is 72.3 Å². The van der Waals surface area contributed by atoms with E-state index in [1.807, 2.05) is 12.1 Å². The van der Waals surface area contributed by atoms with Gasteiger partial charge in [-0.1, -0.05) is 18.2 Å². The molecule has 11 heteroatoms. The fourth-order valence-corrected chi connectivity index (χ4v) is 5.13. The van der Waals surface area contributed by atoms with Crippen molar-refractivity contribution >= 4 is 11.1 Å². The van der Waals surface area contributed by atoms with E-state index in [0.717, 1.165) is 18.2 Å². The Kier molecular flexibility index (Phi) is 6.54. The Bertz CT molecular complexity index is 1910. The highest BCUT2D eigenvalue weighted by Gasteiger charge is 2.36. The highest BCUT2D eigenvalue weighted by atomic mass is 19.4. The van der Waals surface area contributed by atoms with Crippen molar-refractivity contribution in [3.8, 4) is 58.0 Å². The average molecular weight is 568 g/mol. The Labute approximate surface area is 235 Å². The molecule has 0 aliphatic heterocycles. The van der Waals surface area contributed by atoms with E-state index in [0.29, 0.717) is 33.4 Å². The lowest BCUT2D eigenvalue weighted by atomic mass is 9.93. The molecule has 204 valence electrons. The summed E-state index contributed by atoms with van der Waals surface area (Å²) in [4.78, 5) is 0. The Hall–Kier alpha value is -5.91. The first-order valence-electron chi connectivity index (χ1n) is 12.0. The molecule has 0 N–H and O–H groups in total. The van der Waals surface area contributed by atoms with Crippen LogP contribution in [-0.4, -0.2) is 12.5 Å². The van der Waals surface area contributed by atoms with Crippen LogP contribution in [0.5, 0.6) is 11.5 Å². The fraction of sp³-hybridized carbons (Fsp3) is 0.0968. The van der Waals surface area contributed by atoms with Gasteiger partial charge in [-0.3, -0.25) is 0 Å². The van der Waals surface area contributed by atoms with E-state index in [1.54, 1.807) is 18.2 Å². The minimum absolute atomic E-state index is 0.0410. The molecule has 0 saturated carbocycles. The number of ether oxygens (including phenoxy) is 2. The molecule has 2 aliphatic carbocycles. The van der Waals surface area contributed by atoms with Crippen molar-refractivity contribution in [3.63, 3.8) is 0 Å². The van der Waals surface area contributed by atoms with E-state index in [2.05, 4.69) is 11.3 Å². The van der Waals surface area contributed by atoms with Gasteiger partial charge in [0.1, 0.15) is 46.9 Å². The lowest BCUT2D eigenvalue weighted by Crippen LogP contribution is -2.23. The zero-order valence-corrected chi connectivity index (χ0v) is 21.1. The topological polar surface area (TPSA) is 114 Å². The summed E-state index contributed by atoms with van der Waals surface area (Å²) in [5.41, 5.74) is 2.28. The summed E-state index contributed by atoms with van der Waals surface area (Å²) < 4.78 is 76.1. The SMILES string of the molecule is C=CCC(F)(F)Oc1ccc2c(c1)C(=C(C#N)C#N)c1cc3c(cc1-2)-c1ccc(OC(F)(F)F)cc1C3=C(C#N)C#N. The number of halogens is 5. The van der Waals surface area contributed by atoms with Gasteiger partial charge in [-0.15, -0.1) is 19.8 Å².